The zero-order valence-electron chi connectivity index (χ0n) is 10.5. The van der Waals surface area contributed by atoms with Crippen LogP contribution in [0.15, 0.2) is 18.2 Å². The van der Waals surface area contributed by atoms with E-state index in [9.17, 15) is 4.39 Å². The molecular weight excluding hydrogens is 215 g/mol. The van der Waals surface area contributed by atoms with Gasteiger partial charge in [-0.15, -0.1) is 0 Å². The van der Waals surface area contributed by atoms with Gasteiger partial charge >= 0.3 is 0 Å². The number of benzene rings is 1. The minimum Gasteiger partial charge on any atom is -0.326 e. The summed E-state index contributed by atoms with van der Waals surface area (Å²) >= 11 is 0. The zero-order valence-corrected chi connectivity index (χ0v) is 10.5. The molecular formula is C14H21FN2. The number of hydrogen-bond acceptors (Lipinski definition) is 2. The minimum absolute atomic E-state index is 0.169. The van der Waals surface area contributed by atoms with E-state index >= 15 is 0 Å². The fourth-order valence-corrected chi connectivity index (χ4v) is 2.56. The third kappa shape index (κ3) is 2.67. The predicted octanol–water partition coefficient (Wildman–Crippen LogP) is 2.66. The maximum atomic E-state index is 13.6. The molecule has 3 heteroatoms. The van der Waals surface area contributed by atoms with E-state index < -0.39 is 0 Å². The van der Waals surface area contributed by atoms with E-state index in [0.29, 0.717) is 11.6 Å². The van der Waals surface area contributed by atoms with Crippen molar-refractivity contribution in [2.24, 2.45) is 5.73 Å². The summed E-state index contributed by atoms with van der Waals surface area (Å²) in [5.74, 6) is -0.169. The lowest BCUT2D eigenvalue weighted by molar-refractivity contribution is 0.0744. The summed E-state index contributed by atoms with van der Waals surface area (Å²) in [6.45, 7) is 4.47. The molecule has 0 saturated carbocycles. The first kappa shape index (κ1) is 12.5. The second-order valence-corrected chi connectivity index (χ2v) is 4.78. The lowest BCUT2D eigenvalue weighted by Gasteiger charge is -2.41. The number of halogens is 1. The molecule has 0 spiro atoms. The van der Waals surface area contributed by atoms with Crippen LogP contribution in [0.3, 0.4) is 0 Å². The normalized spacial score (nSPS) is 20.3. The fraction of sp³-hybridized carbons (Fsp3) is 0.571. The highest BCUT2D eigenvalue weighted by atomic mass is 19.1. The highest BCUT2D eigenvalue weighted by Crippen LogP contribution is 2.25. The number of likely N-dealkylation sites (tertiary alicyclic amines) is 1. The standard InChI is InChI=1S/C14H21FN2/c1-2-4-12-7-8-17(12)10-11-5-3-6-14(15)13(11)9-16/h3,5-6,12H,2,4,7-10,16H2,1H3. The smallest absolute Gasteiger partial charge is 0.128 e. The van der Waals surface area contributed by atoms with Gasteiger partial charge in [0, 0.05) is 31.2 Å². The van der Waals surface area contributed by atoms with Gasteiger partial charge in [0.05, 0.1) is 0 Å². The van der Waals surface area contributed by atoms with E-state index in [4.69, 9.17) is 5.73 Å². The Morgan fingerprint density at radius 2 is 2.29 bits per heavy atom. The Labute approximate surface area is 103 Å². The van der Waals surface area contributed by atoms with E-state index in [1.165, 1.54) is 25.3 Å². The van der Waals surface area contributed by atoms with Crippen LogP contribution in [-0.2, 0) is 13.1 Å². The first-order chi connectivity index (χ1) is 8.26. The van der Waals surface area contributed by atoms with Gasteiger partial charge in [0.15, 0.2) is 0 Å². The summed E-state index contributed by atoms with van der Waals surface area (Å²) in [6.07, 6.45) is 3.74. The molecule has 1 aromatic rings. The Bertz CT molecular complexity index is 378. The highest BCUT2D eigenvalue weighted by molar-refractivity contribution is 5.28. The zero-order chi connectivity index (χ0) is 12.3. The fourth-order valence-electron chi connectivity index (χ4n) is 2.56. The molecule has 2 rings (SSSR count). The lowest BCUT2D eigenvalue weighted by Crippen LogP contribution is -2.46. The van der Waals surface area contributed by atoms with Crippen molar-refractivity contribution in [3.8, 4) is 0 Å². The van der Waals surface area contributed by atoms with Crippen LogP contribution >= 0.6 is 0 Å². The molecule has 17 heavy (non-hydrogen) atoms. The van der Waals surface area contributed by atoms with Gasteiger partial charge in [0.2, 0.25) is 0 Å². The molecule has 2 nitrogen and oxygen atoms in total. The average molecular weight is 236 g/mol. The summed E-state index contributed by atoms with van der Waals surface area (Å²) < 4.78 is 13.6. The maximum absolute atomic E-state index is 13.6. The van der Waals surface area contributed by atoms with Gasteiger partial charge in [0.1, 0.15) is 5.82 Å². The molecule has 2 N–H and O–H groups in total. The van der Waals surface area contributed by atoms with Crippen LogP contribution in [0.25, 0.3) is 0 Å². The van der Waals surface area contributed by atoms with Gasteiger partial charge in [-0.2, -0.15) is 0 Å². The molecule has 1 saturated heterocycles. The molecule has 0 radical (unpaired) electrons. The molecule has 1 aliphatic rings. The van der Waals surface area contributed by atoms with Crippen molar-refractivity contribution in [2.45, 2.75) is 45.3 Å². The van der Waals surface area contributed by atoms with Crippen molar-refractivity contribution < 1.29 is 4.39 Å². The topological polar surface area (TPSA) is 29.3 Å². The maximum Gasteiger partial charge on any atom is 0.128 e. The quantitative estimate of drug-likeness (QED) is 0.851. The number of rotatable bonds is 5. The van der Waals surface area contributed by atoms with E-state index in [1.54, 1.807) is 6.07 Å². The van der Waals surface area contributed by atoms with Crippen LogP contribution in [0.5, 0.6) is 0 Å². The molecule has 94 valence electrons. The monoisotopic (exact) mass is 236 g/mol. The van der Waals surface area contributed by atoms with Crippen LogP contribution < -0.4 is 5.73 Å². The van der Waals surface area contributed by atoms with Crippen molar-refractivity contribution in [1.82, 2.24) is 4.90 Å². The Morgan fingerprint density at radius 3 is 2.88 bits per heavy atom. The van der Waals surface area contributed by atoms with Crippen molar-refractivity contribution in [3.05, 3.63) is 35.1 Å². The van der Waals surface area contributed by atoms with Gasteiger partial charge < -0.3 is 5.73 Å². The number of nitrogens with zero attached hydrogens (tertiary/aromatic N) is 1. The molecule has 0 aromatic heterocycles. The average Bonchev–Trinajstić information content (AvgIpc) is 2.32. The Hall–Kier alpha value is -0.930. The Balaban J connectivity index is 2.06. The highest BCUT2D eigenvalue weighted by Gasteiger charge is 2.27. The van der Waals surface area contributed by atoms with Gasteiger partial charge in [-0.1, -0.05) is 25.5 Å². The molecule has 0 aliphatic carbocycles. The molecule has 1 atom stereocenters. The Morgan fingerprint density at radius 1 is 1.47 bits per heavy atom. The molecule has 1 unspecified atom stereocenters. The van der Waals surface area contributed by atoms with Crippen LogP contribution in [0.2, 0.25) is 0 Å². The Kier molecular flexibility index (Phi) is 4.13. The molecule has 0 amide bonds. The second-order valence-electron chi connectivity index (χ2n) is 4.78. The largest absolute Gasteiger partial charge is 0.326 e. The molecule has 1 aliphatic heterocycles. The van der Waals surface area contributed by atoms with Gasteiger partial charge in [-0.25, -0.2) is 4.39 Å². The second kappa shape index (κ2) is 5.61. The van der Waals surface area contributed by atoms with E-state index in [0.717, 1.165) is 18.7 Å². The van der Waals surface area contributed by atoms with E-state index in [1.807, 2.05) is 6.07 Å². The summed E-state index contributed by atoms with van der Waals surface area (Å²) in [4.78, 5) is 2.43. The van der Waals surface area contributed by atoms with Gasteiger partial charge in [-0.3, -0.25) is 4.90 Å². The third-order valence-electron chi connectivity index (χ3n) is 3.68. The van der Waals surface area contributed by atoms with E-state index in [-0.39, 0.29) is 12.4 Å². The number of hydrogen-bond donors (Lipinski definition) is 1. The van der Waals surface area contributed by atoms with Crippen molar-refractivity contribution in [1.29, 1.82) is 0 Å². The first-order valence-electron chi connectivity index (χ1n) is 6.46. The molecule has 1 heterocycles. The summed E-state index contributed by atoms with van der Waals surface area (Å²) in [5, 5.41) is 0. The van der Waals surface area contributed by atoms with Crippen LogP contribution in [-0.4, -0.2) is 17.5 Å². The summed E-state index contributed by atoms with van der Waals surface area (Å²) in [5.41, 5.74) is 7.35. The van der Waals surface area contributed by atoms with Gasteiger partial charge in [0.25, 0.3) is 0 Å². The predicted molar refractivity (Wildman–Crippen MR) is 68.0 cm³/mol. The van der Waals surface area contributed by atoms with Crippen LogP contribution in [0.1, 0.15) is 37.3 Å². The first-order valence-corrected chi connectivity index (χ1v) is 6.46. The minimum atomic E-state index is -0.169. The summed E-state index contributed by atoms with van der Waals surface area (Å²) in [7, 11) is 0. The van der Waals surface area contributed by atoms with Gasteiger partial charge in [-0.05, 0) is 24.5 Å². The SMILES string of the molecule is CCCC1CCN1Cc1cccc(F)c1CN. The van der Waals surface area contributed by atoms with Crippen LogP contribution in [0.4, 0.5) is 4.39 Å². The number of nitrogens with two attached hydrogens (primary N) is 1. The van der Waals surface area contributed by atoms with Crippen LogP contribution in [0, 0.1) is 5.82 Å². The lowest BCUT2D eigenvalue weighted by atomic mass is 9.96. The molecule has 1 fully saturated rings. The summed E-state index contributed by atoms with van der Waals surface area (Å²) in [6, 6.07) is 5.95. The molecule has 0 bridgehead atoms. The van der Waals surface area contributed by atoms with Crippen molar-refractivity contribution in [2.75, 3.05) is 6.54 Å². The van der Waals surface area contributed by atoms with Crippen molar-refractivity contribution >= 4 is 0 Å². The van der Waals surface area contributed by atoms with Crippen molar-refractivity contribution in [3.63, 3.8) is 0 Å². The molecule has 1 aromatic carbocycles. The van der Waals surface area contributed by atoms with E-state index in [2.05, 4.69) is 11.8 Å². The third-order valence-corrected chi connectivity index (χ3v) is 3.68.